The molecule has 3 nitrogen and oxygen atoms in total. The highest BCUT2D eigenvalue weighted by atomic mass is 15.1. The van der Waals surface area contributed by atoms with Crippen molar-refractivity contribution in [2.75, 3.05) is 0 Å². The van der Waals surface area contributed by atoms with Crippen molar-refractivity contribution in [3.8, 4) is 61.7 Å². The Balaban J connectivity index is 1.13. The van der Waals surface area contributed by atoms with E-state index >= 15 is 0 Å². The second kappa shape index (κ2) is 14.9. The third kappa shape index (κ3) is 7.22. The molecule has 0 saturated carbocycles. The predicted molar refractivity (Wildman–Crippen MR) is 242 cm³/mol. The molecule has 0 fully saturated rings. The quantitative estimate of drug-likeness (QED) is 0.157. The summed E-state index contributed by atoms with van der Waals surface area (Å²) in [6.45, 7) is 11.8. The lowest BCUT2D eigenvalue weighted by Crippen LogP contribution is -2.16. The van der Waals surface area contributed by atoms with Crippen molar-refractivity contribution in [1.29, 1.82) is 0 Å². The first-order chi connectivity index (χ1) is 27.7. The number of nitrogens with one attached hydrogen (secondary N) is 1. The average molecular weight is 740 g/mol. The fourth-order valence-electron chi connectivity index (χ4n) is 8.56. The maximum absolute atomic E-state index is 5.13. The van der Waals surface area contributed by atoms with Crippen LogP contribution in [0.3, 0.4) is 0 Å². The highest BCUT2D eigenvalue weighted by Gasteiger charge is 2.25. The monoisotopic (exact) mass is 739 g/mol. The minimum absolute atomic E-state index is 0.203. The average Bonchev–Trinajstić information content (AvgIpc) is 3.83. The molecule has 1 N–H and O–H groups in total. The molecule has 57 heavy (non-hydrogen) atoms. The minimum Gasteiger partial charge on any atom is -0.354 e. The Morgan fingerprint density at radius 3 is 1.75 bits per heavy atom. The summed E-state index contributed by atoms with van der Waals surface area (Å²) in [5.41, 5.74) is 16.7. The number of fused-ring (bicyclic) bond motifs is 2. The van der Waals surface area contributed by atoms with Crippen LogP contribution in [0.25, 0.3) is 83.6 Å². The first-order valence-electron chi connectivity index (χ1n) is 20.3. The molecule has 1 atom stereocenters. The van der Waals surface area contributed by atoms with Gasteiger partial charge in [0.15, 0.2) is 0 Å². The maximum Gasteiger partial charge on any atom is 0.145 e. The normalized spacial score (nSPS) is 12.5. The van der Waals surface area contributed by atoms with Crippen LogP contribution in [0.2, 0.25) is 0 Å². The van der Waals surface area contributed by atoms with E-state index in [1.165, 1.54) is 49.9 Å². The van der Waals surface area contributed by atoms with E-state index in [1.54, 1.807) is 0 Å². The van der Waals surface area contributed by atoms with Crippen molar-refractivity contribution in [2.24, 2.45) is 11.3 Å². The van der Waals surface area contributed by atoms with Crippen molar-refractivity contribution in [3.05, 3.63) is 181 Å². The lowest BCUT2D eigenvalue weighted by Gasteiger charge is -2.30. The number of para-hydroxylation sites is 4. The zero-order chi connectivity index (χ0) is 39.1. The van der Waals surface area contributed by atoms with E-state index < -0.39 is 0 Å². The largest absolute Gasteiger partial charge is 0.354 e. The Bertz CT molecular complexity index is 2620. The molecule has 9 rings (SSSR count). The minimum atomic E-state index is 0.203. The number of imidazole rings is 1. The summed E-state index contributed by atoms with van der Waals surface area (Å²) in [5.74, 6) is 1.87. The summed E-state index contributed by atoms with van der Waals surface area (Å²) in [4.78, 5) is 8.89. The van der Waals surface area contributed by atoms with E-state index in [2.05, 4.69) is 220 Å². The summed E-state index contributed by atoms with van der Waals surface area (Å²) >= 11 is 0. The molecule has 9 aromatic rings. The van der Waals surface area contributed by atoms with Crippen LogP contribution in [0.4, 0.5) is 0 Å². The smallest absolute Gasteiger partial charge is 0.145 e. The molecule has 280 valence electrons. The summed E-state index contributed by atoms with van der Waals surface area (Å²) < 4.78 is 2.27. The van der Waals surface area contributed by atoms with Gasteiger partial charge in [0.25, 0.3) is 0 Å². The van der Waals surface area contributed by atoms with Gasteiger partial charge in [-0.1, -0.05) is 174 Å². The fraction of sp³-hybridized carbons (Fsp3) is 0.167. The number of nitrogens with zero attached hydrogens (tertiary/aromatic N) is 2. The standard InChI is InChI=1S/C54H49N3/c1-36(2)47(35-54(3,4)5)44-33-42(37-24-28-40(29-25-37)52-51(39-16-8-6-9-17-39)46-20-12-13-21-48(46)55-52)32-43(34-44)38-26-30-41(31-27-38)53-56-49-22-14-15-23-50(49)57(53)45-18-10-7-11-19-45/h6-34,36,47,55H,35H2,1-5H3. The zero-order valence-corrected chi connectivity index (χ0v) is 33.5. The molecular formula is C54H49N3. The maximum atomic E-state index is 5.13. The Labute approximate surface area is 336 Å². The molecule has 2 aromatic heterocycles. The molecular weight excluding hydrogens is 691 g/mol. The van der Waals surface area contributed by atoms with Crippen molar-refractivity contribution >= 4 is 21.9 Å². The third-order valence-electron chi connectivity index (χ3n) is 11.3. The van der Waals surface area contributed by atoms with E-state index in [9.17, 15) is 0 Å². The van der Waals surface area contributed by atoms with Crippen LogP contribution in [0.15, 0.2) is 176 Å². The van der Waals surface area contributed by atoms with Crippen molar-refractivity contribution in [2.45, 2.75) is 47.0 Å². The summed E-state index contributed by atoms with van der Waals surface area (Å²) in [5, 5.41) is 1.24. The Hall–Kier alpha value is -6.45. The highest BCUT2D eigenvalue weighted by Crippen LogP contribution is 2.42. The molecule has 0 aliphatic carbocycles. The fourth-order valence-corrected chi connectivity index (χ4v) is 8.56. The van der Waals surface area contributed by atoms with Gasteiger partial charge in [-0.2, -0.15) is 0 Å². The highest BCUT2D eigenvalue weighted by molar-refractivity contribution is 6.04. The number of hydrogen-bond acceptors (Lipinski definition) is 1. The number of rotatable bonds is 9. The molecule has 0 radical (unpaired) electrons. The Morgan fingerprint density at radius 1 is 0.544 bits per heavy atom. The first-order valence-corrected chi connectivity index (χ1v) is 20.3. The van der Waals surface area contributed by atoms with Gasteiger partial charge in [0, 0.05) is 27.7 Å². The third-order valence-corrected chi connectivity index (χ3v) is 11.3. The lowest BCUT2D eigenvalue weighted by atomic mass is 9.75. The SMILES string of the molecule is CC(C)C(CC(C)(C)C)c1cc(-c2ccc(-c3[nH]c4ccccc4c3-c3ccccc3)cc2)cc(-c2ccc(-c3nc4ccccc4n3-c3ccccc3)cc2)c1. The van der Waals surface area contributed by atoms with Crippen LogP contribution in [-0.2, 0) is 0 Å². The van der Waals surface area contributed by atoms with Gasteiger partial charge in [0.2, 0.25) is 0 Å². The first kappa shape index (κ1) is 36.2. The zero-order valence-electron chi connectivity index (χ0n) is 33.5. The second-order valence-electron chi connectivity index (χ2n) is 17.0. The number of aromatic amines is 1. The molecule has 2 heterocycles. The lowest BCUT2D eigenvalue weighted by molar-refractivity contribution is 0.301. The van der Waals surface area contributed by atoms with Crippen LogP contribution >= 0.6 is 0 Å². The summed E-state index contributed by atoms with van der Waals surface area (Å²) in [6.07, 6.45) is 1.11. The van der Waals surface area contributed by atoms with Crippen molar-refractivity contribution < 1.29 is 0 Å². The second-order valence-corrected chi connectivity index (χ2v) is 17.0. The van der Waals surface area contributed by atoms with Gasteiger partial charge < -0.3 is 4.98 Å². The molecule has 0 amide bonds. The van der Waals surface area contributed by atoms with Gasteiger partial charge in [-0.05, 0) is 99.0 Å². The van der Waals surface area contributed by atoms with Gasteiger partial charge in [-0.25, -0.2) is 4.98 Å². The van der Waals surface area contributed by atoms with Crippen molar-refractivity contribution in [3.63, 3.8) is 0 Å². The van der Waals surface area contributed by atoms with Crippen molar-refractivity contribution in [1.82, 2.24) is 14.5 Å². The molecule has 0 aliphatic heterocycles. The van der Waals surface area contributed by atoms with Gasteiger partial charge in [-0.15, -0.1) is 0 Å². The van der Waals surface area contributed by atoms with E-state index in [0.29, 0.717) is 11.8 Å². The number of aromatic nitrogens is 3. The number of hydrogen-bond donors (Lipinski definition) is 1. The van der Waals surface area contributed by atoms with Gasteiger partial charge in [0.1, 0.15) is 5.82 Å². The molecule has 0 saturated heterocycles. The van der Waals surface area contributed by atoms with Crippen LogP contribution in [0, 0.1) is 11.3 Å². The molecule has 7 aromatic carbocycles. The molecule has 0 spiro atoms. The van der Waals surface area contributed by atoms with Gasteiger partial charge >= 0.3 is 0 Å². The van der Waals surface area contributed by atoms with Gasteiger partial charge in [0.05, 0.1) is 16.7 Å². The topological polar surface area (TPSA) is 33.6 Å². The Morgan fingerprint density at radius 2 is 1.11 bits per heavy atom. The van der Waals surface area contributed by atoms with Crippen LogP contribution in [-0.4, -0.2) is 14.5 Å². The summed E-state index contributed by atoms with van der Waals surface area (Å²) in [6, 6.07) is 63.7. The molecule has 3 heteroatoms. The van der Waals surface area contributed by atoms with Gasteiger partial charge in [-0.3, -0.25) is 4.57 Å². The van der Waals surface area contributed by atoms with E-state index in [0.717, 1.165) is 45.7 Å². The number of benzene rings is 7. The van der Waals surface area contributed by atoms with Crippen LogP contribution in [0.1, 0.15) is 52.5 Å². The summed E-state index contributed by atoms with van der Waals surface area (Å²) in [7, 11) is 0. The predicted octanol–water partition coefficient (Wildman–Crippen LogP) is 15.0. The molecule has 0 aliphatic rings. The van der Waals surface area contributed by atoms with E-state index in [-0.39, 0.29) is 5.41 Å². The van der Waals surface area contributed by atoms with Crippen LogP contribution in [0.5, 0.6) is 0 Å². The van der Waals surface area contributed by atoms with Crippen LogP contribution < -0.4 is 0 Å². The van der Waals surface area contributed by atoms with E-state index in [4.69, 9.17) is 4.98 Å². The Kier molecular flexibility index (Phi) is 9.46. The number of H-pyrrole nitrogens is 1. The van der Waals surface area contributed by atoms with E-state index in [1.807, 2.05) is 0 Å². The molecule has 0 bridgehead atoms. The molecule has 1 unspecified atom stereocenters.